The number of benzene rings is 2. The molecular weight excluding hydrogens is 566 g/mol. The molecule has 240 valence electrons. The number of fused-ring (bicyclic) bond motifs is 1. The third-order valence-corrected chi connectivity index (χ3v) is 9.16. The molecule has 0 atom stereocenters. The Morgan fingerprint density at radius 3 is 2.20 bits per heavy atom. The number of nitrogens with two attached hydrogens (primary N) is 1. The molecule has 10 heteroatoms. The van der Waals surface area contributed by atoms with E-state index in [2.05, 4.69) is 43.0 Å². The van der Waals surface area contributed by atoms with Gasteiger partial charge >= 0.3 is 0 Å². The van der Waals surface area contributed by atoms with Gasteiger partial charge in [-0.2, -0.15) is 0 Å². The molecule has 2 fully saturated rings. The largest absolute Gasteiger partial charge is 0.457 e. The van der Waals surface area contributed by atoms with Crippen molar-refractivity contribution in [2.45, 2.75) is 37.8 Å². The Morgan fingerprint density at radius 1 is 0.800 bits per heavy atom. The zero-order valence-corrected chi connectivity index (χ0v) is 26.4. The number of hydrogen-bond acceptors (Lipinski definition) is 9. The number of hydrogen-bond donors (Lipinski definition) is 2. The fourth-order valence-electron chi connectivity index (χ4n) is 6.75. The maximum Gasteiger partial charge on any atom is 0.146 e. The van der Waals surface area contributed by atoms with E-state index in [9.17, 15) is 0 Å². The van der Waals surface area contributed by atoms with Crippen molar-refractivity contribution in [3.8, 4) is 22.6 Å². The van der Waals surface area contributed by atoms with Crippen molar-refractivity contribution in [3.05, 3.63) is 67.1 Å². The van der Waals surface area contributed by atoms with Gasteiger partial charge in [0.25, 0.3) is 0 Å². The van der Waals surface area contributed by atoms with Crippen LogP contribution in [0.3, 0.4) is 0 Å². The van der Waals surface area contributed by atoms with E-state index in [-0.39, 0.29) is 0 Å². The van der Waals surface area contributed by atoms with Crippen LogP contribution in [-0.4, -0.2) is 103 Å². The second-order valence-corrected chi connectivity index (χ2v) is 11.9. The van der Waals surface area contributed by atoms with Gasteiger partial charge < -0.3 is 29.8 Å². The number of aromatic nitrogens is 3. The lowest BCUT2D eigenvalue weighted by atomic mass is 9.89. The SMILES string of the molecule is CNc1ncnc2c1c(-c1ccc(Oc3ccccc3)cc1)cn2C1CCC(N2CCN(CCOCCOCCN)CC2)CC1. The Kier molecular flexibility index (Phi) is 10.9. The molecule has 4 aromatic rings. The number of para-hydroxylation sites is 1. The molecule has 0 spiro atoms. The predicted molar refractivity (Wildman–Crippen MR) is 179 cm³/mol. The zero-order chi connectivity index (χ0) is 30.8. The highest BCUT2D eigenvalue weighted by Crippen LogP contribution is 2.40. The first-order valence-corrected chi connectivity index (χ1v) is 16.4. The molecule has 0 unspecified atom stereocenters. The van der Waals surface area contributed by atoms with Gasteiger partial charge in [-0.1, -0.05) is 30.3 Å². The summed E-state index contributed by atoms with van der Waals surface area (Å²) in [5, 5.41) is 4.37. The molecule has 45 heavy (non-hydrogen) atoms. The molecule has 3 N–H and O–H groups in total. The van der Waals surface area contributed by atoms with Gasteiger partial charge in [0, 0.05) is 70.2 Å². The summed E-state index contributed by atoms with van der Waals surface area (Å²) in [4.78, 5) is 14.6. The van der Waals surface area contributed by atoms with Crippen LogP contribution in [0, 0.1) is 0 Å². The van der Waals surface area contributed by atoms with E-state index in [1.807, 2.05) is 49.5 Å². The van der Waals surface area contributed by atoms with Gasteiger partial charge in [0.2, 0.25) is 0 Å². The van der Waals surface area contributed by atoms with E-state index in [0.717, 1.165) is 91.6 Å². The minimum absolute atomic E-state index is 0.421. The van der Waals surface area contributed by atoms with E-state index in [0.29, 0.717) is 38.4 Å². The molecule has 2 aliphatic rings. The van der Waals surface area contributed by atoms with Crippen molar-refractivity contribution in [1.29, 1.82) is 0 Å². The standard InChI is InChI=1S/C35H47N7O3/c1-37-34-33-32(27-7-13-31(14-8-27)45-30-5-3-2-4-6-30)25-42(35(33)39-26-38-34)29-11-9-28(10-12-29)41-18-16-40(17-19-41)20-22-44-24-23-43-21-15-36/h2-8,13-14,25-26,28-29H,9-12,15-24,36H2,1H3,(H,37,38,39). The molecule has 10 nitrogen and oxygen atoms in total. The number of nitrogens with one attached hydrogen (secondary N) is 1. The Morgan fingerprint density at radius 2 is 1.49 bits per heavy atom. The molecule has 0 amide bonds. The molecule has 6 rings (SSSR count). The van der Waals surface area contributed by atoms with Crippen molar-refractivity contribution in [2.75, 3.05) is 78.1 Å². The summed E-state index contributed by atoms with van der Waals surface area (Å²) >= 11 is 0. The zero-order valence-electron chi connectivity index (χ0n) is 26.4. The number of piperazine rings is 1. The van der Waals surface area contributed by atoms with Crippen LogP contribution in [0.1, 0.15) is 31.7 Å². The average Bonchev–Trinajstić information content (AvgIpc) is 3.49. The van der Waals surface area contributed by atoms with Crippen LogP contribution in [0.2, 0.25) is 0 Å². The highest BCUT2D eigenvalue weighted by atomic mass is 16.5. The molecule has 1 saturated carbocycles. The first kappa shape index (κ1) is 31.4. The first-order valence-electron chi connectivity index (χ1n) is 16.4. The van der Waals surface area contributed by atoms with E-state index >= 15 is 0 Å². The fourth-order valence-corrected chi connectivity index (χ4v) is 6.75. The topological polar surface area (TPSA) is 103 Å². The van der Waals surface area contributed by atoms with Gasteiger partial charge in [0.05, 0.1) is 31.8 Å². The highest BCUT2D eigenvalue weighted by molar-refractivity contribution is 6.01. The summed E-state index contributed by atoms with van der Waals surface area (Å²) in [7, 11) is 1.93. The Bertz CT molecular complexity index is 1460. The van der Waals surface area contributed by atoms with E-state index in [1.165, 1.54) is 12.8 Å². The third-order valence-electron chi connectivity index (χ3n) is 9.16. The second-order valence-electron chi connectivity index (χ2n) is 11.9. The monoisotopic (exact) mass is 613 g/mol. The van der Waals surface area contributed by atoms with Gasteiger partial charge in [0.15, 0.2) is 0 Å². The molecular formula is C35H47N7O3. The van der Waals surface area contributed by atoms with Crippen molar-refractivity contribution in [2.24, 2.45) is 5.73 Å². The van der Waals surface area contributed by atoms with Crippen LogP contribution < -0.4 is 15.8 Å². The molecule has 0 bridgehead atoms. The highest BCUT2D eigenvalue weighted by Gasteiger charge is 2.30. The number of nitrogens with zero attached hydrogens (tertiary/aromatic N) is 5. The summed E-state index contributed by atoms with van der Waals surface area (Å²) in [5.41, 5.74) is 8.72. The minimum Gasteiger partial charge on any atom is -0.457 e. The molecule has 1 aliphatic heterocycles. The molecule has 0 radical (unpaired) electrons. The molecule has 1 saturated heterocycles. The van der Waals surface area contributed by atoms with Crippen molar-refractivity contribution < 1.29 is 14.2 Å². The van der Waals surface area contributed by atoms with Gasteiger partial charge in [0.1, 0.15) is 29.3 Å². The minimum atomic E-state index is 0.421. The summed E-state index contributed by atoms with van der Waals surface area (Å²) in [6.07, 6.45) is 8.69. The molecule has 1 aliphatic carbocycles. The van der Waals surface area contributed by atoms with Crippen LogP contribution in [0.5, 0.6) is 11.5 Å². The maximum atomic E-state index is 6.04. The Hall–Kier alpha value is -3.54. The van der Waals surface area contributed by atoms with Gasteiger partial charge in [-0.15, -0.1) is 0 Å². The van der Waals surface area contributed by atoms with Crippen LogP contribution in [-0.2, 0) is 9.47 Å². The number of anilines is 1. The lowest BCUT2D eigenvalue weighted by Crippen LogP contribution is -2.51. The van der Waals surface area contributed by atoms with Crippen LogP contribution in [0.15, 0.2) is 67.1 Å². The molecule has 3 heterocycles. The first-order chi connectivity index (χ1) is 22.2. The van der Waals surface area contributed by atoms with Gasteiger partial charge in [-0.3, -0.25) is 9.80 Å². The molecule has 2 aromatic carbocycles. The molecule has 2 aromatic heterocycles. The Labute approximate surface area is 266 Å². The lowest BCUT2D eigenvalue weighted by Gasteiger charge is -2.42. The van der Waals surface area contributed by atoms with Crippen LogP contribution in [0.4, 0.5) is 5.82 Å². The van der Waals surface area contributed by atoms with E-state index in [1.54, 1.807) is 6.33 Å². The normalized spacial score (nSPS) is 19.6. The smallest absolute Gasteiger partial charge is 0.146 e. The van der Waals surface area contributed by atoms with Crippen molar-refractivity contribution >= 4 is 16.9 Å². The van der Waals surface area contributed by atoms with Crippen molar-refractivity contribution in [1.82, 2.24) is 24.3 Å². The summed E-state index contributed by atoms with van der Waals surface area (Å²) in [6.45, 7) is 8.65. The summed E-state index contributed by atoms with van der Waals surface area (Å²) in [5.74, 6) is 2.50. The number of rotatable bonds is 14. The average molecular weight is 614 g/mol. The summed E-state index contributed by atoms with van der Waals surface area (Å²) in [6, 6.07) is 19.3. The summed E-state index contributed by atoms with van der Waals surface area (Å²) < 4.78 is 19.6. The van der Waals surface area contributed by atoms with Crippen LogP contribution >= 0.6 is 0 Å². The predicted octanol–water partition coefficient (Wildman–Crippen LogP) is 5.03. The number of ether oxygens (including phenoxy) is 3. The van der Waals surface area contributed by atoms with Crippen LogP contribution in [0.25, 0.3) is 22.2 Å². The maximum absolute atomic E-state index is 6.04. The van der Waals surface area contributed by atoms with Gasteiger partial charge in [-0.05, 0) is 55.5 Å². The Balaban J connectivity index is 1.06. The lowest BCUT2D eigenvalue weighted by molar-refractivity contribution is 0.0259. The van der Waals surface area contributed by atoms with E-state index in [4.69, 9.17) is 24.9 Å². The fraction of sp³-hybridized carbons (Fsp3) is 0.486. The quantitative estimate of drug-likeness (QED) is 0.190. The van der Waals surface area contributed by atoms with E-state index < -0.39 is 0 Å². The van der Waals surface area contributed by atoms with Gasteiger partial charge in [-0.25, -0.2) is 9.97 Å². The van der Waals surface area contributed by atoms with Crippen molar-refractivity contribution in [3.63, 3.8) is 0 Å². The third kappa shape index (κ3) is 7.82. The second kappa shape index (κ2) is 15.6.